The van der Waals surface area contributed by atoms with Gasteiger partial charge >= 0.3 is 0 Å². The first-order chi connectivity index (χ1) is 14.4. The van der Waals surface area contributed by atoms with Crippen molar-refractivity contribution in [3.05, 3.63) is 99.5 Å². The topological polar surface area (TPSA) is 52.9 Å². The summed E-state index contributed by atoms with van der Waals surface area (Å²) in [6, 6.07) is 21.4. The van der Waals surface area contributed by atoms with E-state index in [-0.39, 0.29) is 11.5 Å². The summed E-state index contributed by atoms with van der Waals surface area (Å²) in [7, 11) is 0. The molecule has 0 fully saturated rings. The third-order valence-electron chi connectivity index (χ3n) is 5.45. The molecule has 0 aliphatic carbocycles. The van der Waals surface area contributed by atoms with Gasteiger partial charge < -0.3 is 10.0 Å². The summed E-state index contributed by atoms with van der Waals surface area (Å²) in [4.78, 5) is 19.8. The molecule has 1 aliphatic rings. The second kappa shape index (κ2) is 8.13. The number of halogens is 2. The van der Waals surface area contributed by atoms with Crippen LogP contribution in [-0.2, 0) is 16.9 Å². The number of ketones is 1. The largest absolute Gasteiger partial charge is 0.508 e. The van der Waals surface area contributed by atoms with Crippen LogP contribution in [0.1, 0.15) is 29.7 Å². The molecule has 0 unspecified atom stereocenters. The van der Waals surface area contributed by atoms with E-state index in [1.165, 1.54) is 13.0 Å². The number of rotatable bonds is 5. The Bertz CT molecular complexity index is 1100. The van der Waals surface area contributed by atoms with Gasteiger partial charge in [-0.3, -0.25) is 9.79 Å². The average Bonchev–Trinajstić information content (AvgIpc) is 3.10. The van der Waals surface area contributed by atoms with Crippen LogP contribution in [0.15, 0.2) is 77.8 Å². The van der Waals surface area contributed by atoms with E-state index in [0.717, 1.165) is 11.1 Å². The molecule has 1 heterocycles. The lowest BCUT2D eigenvalue weighted by atomic mass is 9.77. The monoisotopic (exact) mass is 438 g/mol. The van der Waals surface area contributed by atoms with Crippen molar-refractivity contribution in [2.24, 2.45) is 4.99 Å². The molecular formula is C24H20Cl2N2O2. The molecule has 0 saturated carbocycles. The van der Waals surface area contributed by atoms with Gasteiger partial charge in [0.15, 0.2) is 11.3 Å². The summed E-state index contributed by atoms with van der Waals surface area (Å²) in [5, 5.41) is 11.8. The average molecular weight is 439 g/mol. The molecule has 4 rings (SSSR count). The Labute approximate surface area is 185 Å². The molecule has 30 heavy (non-hydrogen) atoms. The Morgan fingerprint density at radius 3 is 2.33 bits per heavy atom. The van der Waals surface area contributed by atoms with Crippen molar-refractivity contribution in [1.29, 1.82) is 0 Å². The highest BCUT2D eigenvalue weighted by Crippen LogP contribution is 2.49. The number of aliphatic imine (C=N–C) groups is 1. The van der Waals surface area contributed by atoms with Gasteiger partial charge in [-0.2, -0.15) is 0 Å². The maximum Gasteiger partial charge on any atom is 0.169 e. The zero-order valence-electron chi connectivity index (χ0n) is 16.3. The molecule has 152 valence electrons. The standard InChI is InChI=1S/C24H20Cl2N2O2/c1-16(29)24(18-5-3-2-4-6-18)23(21-12-11-20(26)13-22(21)30)28(15-27-24)14-17-7-9-19(25)10-8-17/h2-13,15,23,30H,14H2,1H3/t23-,24+/m0/s1. The number of phenolic OH excluding ortho intramolecular Hbond substituents is 1. The highest BCUT2D eigenvalue weighted by Gasteiger charge is 2.52. The fourth-order valence-electron chi connectivity index (χ4n) is 4.04. The first-order valence-corrected chi connectivity index (χ1v) is 10.3. The van der Waals surface area contributed by atoms with Gasteiger partial charge in [0.1, 0.15) is 5.75 Å². The highest BCUT2D eigenvalue weighted by molar-refractivity contribution is 6.31. The second-order valence-corrected chi connectivity index (χ2v) is 8.21. The molecule has 0 saturated heterocycles. The van der Waals surface area contributed by atoms with Crippen LogP contribution in [0.25, 0.3) is 0 Å². The molecule has 3 aromatic carbocycles. The van der Waals surface area contributed by atoms with Gasteiger partial charge in [0, 0.05) is 22.2 Å². The van der Waals surface area contributed by atoms with Crippen LogP contribution in [0.5, 0.6) is 5.75 Å². The number of carbonyl (C=O) groups is 1. The molecule has 0 aromatic heterocycles. The number of phenols is 1. The number of aromatic hydroxyl groups is 1. The molecule has 2 atom stereocenters. The van der Waals surface area contributed by atoms with Crippen molar-refractivity contribution >= 4 is 35.3 Å². The lowest BCUT2D eigenvalue weighted by molar-refractivity contribution is -0.123. The van der Waals surface area contributed by atoms with Gasteiger partial charge in [0.05, 0.1) is 12.4 Å². The molecular weight excluding hydrogens is 419 g/mol. The fraction of sp³-hybridized carbons (Fsp3) is 0.167. The Balaban J connectivity index is 1.86. The smallest absolute Gasteiger partial charge is 0.169 e. The number of hydrogen-bond donors (Lipinski definition) is 1. The zero-order valence-corrected chi connectivity index (χ0v) is 17.8. The van der Waals surface area contributed by atoms with Crippen molar-refractivity contribution in [3.63, 3.8) is 0 Å². The SMILES string of the molecule is CC(=O)[C@]1(c2ccccc2)N=CN(Cc2ccc(Cl)cc2)[C@H]1c1ccc(Cl)cc1O. The normalized spacial score (nSPS) is 20.5. The summed E-state index contributed by atoms with van der Waals surface area (Å²) in [5.74, 6) is -0.0800. The third kappa shape index (κ3) is 3.57. The maximum absolute atomic E-state index is 13.1. The van der Waals surface area contributed by atoms with E-state index < -0.39 is 11.6 Å². The summed E-state index contributed by atoms with van der Waals surface area (Å²) >= 11 is 12.1. The van der Waals surface area contributed by atoms with Crippen LogP contribution in [0.4, 0.5) is 0 Å². The van der Waals surface area contributed by atoms with Gasteiger partial charge in [-0.15, -0.1) is 0 Å². The van der Waals surface area contributed by atoms with E-state index in [1.807, 2.05) is 59.5 Å². The van der Waals surface area contributed by atoms with E-state index in [2.05, 4.69) is 0 Å². The van der Waals surface area contributed by atoms with E-state index in [1.54, 1.807) is 18.5 Å². The summed E-state index contributed by atoms with van der Waals surface area (Å²) in [6.45, 7) is 2.03. The molecule has 6 heteroatoms. The van der Waals surface area contributed by atoms with Crippen molar-refractivity contribution in [2.75, 3.05) is 0 Å². The van der Waals surface area contributed by atoms with E-state index >= 15 is 0 Å². The molecule has 3 aromatic rings. The van der Waals surface area contributed by atoms with Crippen molar-refractivity contribution < 1.29 is 9.90 Å². The lowest BCUT2D eigenvalue weighted by Crippen LogP contribution is -2.41. The minimum Gasteiger partial charge on any atom is -0.508 e. The molecule has 0 amide bonds. The predicted octanol–water partition coefficient (Wildman–Crippen LogP) is 5.77. The van der Waals surface area contributed by atoms with Crippen LogP contribution in [0, 0.1) is 0 Å². The Morgan fingerprint density at radius 2 is 1.70 bits per heavy atom. The molecule has 4 nitrogen and oxygen atoms in total. The van der Waals surface area contributed by atoms with Crippen LogP contribution < -0.4 is 0 Å². The van der Waals surface area contributed by atoms with Crippen molar-refractivity contribution in [2.45, 2.75) is 25.0 Å². The van der Waals surface area contributed by atoms with Crippen LogP contribution in [-0.4, -0.2) is 22.1 Å². The van der Waals surface area contributed by atoms with Gasteiger partial charge in [0.2, 0.25) is 0 Å². The lowest BCUT2D eigenvalue weighted by Gasteiger charge is -2.36. The van der Waals surface area contributed by atoms with Crippen LogP contribution in [0.3, 0.4) is 0 Å². The second-order valence-electron chi connectivity index (χ2n) is 7.34. The molecule has 0 bridgehead atoms. The van der Waals surface area contributed by atoms with E-state index in [9.17, 15) is 9.90 Å². The molecule has 1 aliphatic heterocycles. The number of carbonyl (C=O) groups excluding carboxylic acids is 1. The zero-order chi connectivity index (χ0) is 21.3. The Hall–Kier alpha value is -2.82. The molecule has 0 spiro atoms. The van der Waals surface area contributed by atoms with Gasteiger partial charge in [-0.25, -0.2) is 0 Å². The summed E-state index contributed by atoms with van der Waals surface area (Å²) < 4.78 is 0. The fourth-order valence-corrected chi connectivity index (χ4v) is 4.33. The molecule has 1 N–H and O–H groups in total. The van der Waals surface area contributed by atoms with Crippen molar-refractivity contribution in [1.82, 2.24) is 4.90 Å². The van der Waals surface area contributed by atoms with Crippen molar-refractivity contribution in [3.8, 4) is 5.75 Å². The predicted molar refractivity (Wildman–Crippen MR) is 120 cm³/mol. The van der Waals surface area contributed by atoms with Crippen LogP contribution in [0.2, 0.25) is 10.0 Å². The maximum atomic E-state index is 13.1. The minimum atomic E-state index is -1.18. The first-order valence-electron chi connectivity index (χ1n) is 9.52. The van der Waals surface area contributed by atoms with Gasteiger partial charge in [0.25, 0.3) is 0 Å². The number of Topliss-reactive ketones (excluding diaryl/α,β-unsaturated/α-hetero) is 1. The number of nitrogens with zero attached hydrogens (tertiary/aromatic N) is 2. The Morgan fingerprint density at radius 1 is 1.03 bits per heavy atom. The van der Waals surface area contributed by atoms with E-state index in [0.29, 0.717) is 22.2 Å². The van der Waals surface area contributed by atoms with Gasteiger partial charge in [-0.05, 0) is 42.3 Å². The van der Waals surface area contributed by atoms with Gasteiger partial charge in [-0.1, -0.05) is 71.7 Å². The number of benzene rings is 3. The number of hydrogen-bond acceptors (Lipinski definition) is 4. The molecule has 0 radical (unpaired) electrons. The minimum absolute atomic E-state index is 0.0284. The summed E-state index contributed by atoms with van der Waals surface area (Å²) in [5.41, 5.74) is 1.19. The Kier molecular flexibility index (Phi) is 5.54. The quantitative estimate of drug-likeness (QED) is 0.549. The first kappa shape index (κ1) is 20.5. The third-order valence-corrected chi connectivity index (χ3v) is 5.94. The summed E-state index contributed by atoms with van der Waals surface area (Å²) in [6.07, 6.45) is 1.70. The van der Waals surface area contributed by atoms with Crippen LogP contribution >= 0.6 is 23.2 Å². The highest BCUT2D eigenvalue weighted by atomic mass is 35.5. The van der Waals surface area contributed by atoms with E-state index in [4.69, 9.17) is 28.2 Å².